The molecule has 0 aromatic heterocycles. The Hall–Kier alpha value is -1.22. The summed E-state index contributed by atoms with van der Waals surface area (Å²) in [7, 11) is 0. The SMILES string of the molecule is [CH2]C(O)N1CCOc2ccccc21. The van der Waals surface area contributed by atoms with Crippen LogP contribution in [0.5, 0.6) is 5.75 Å². The van der Waals surface area contributed by atoms with Crippen molar-refractivity contribution in [2.24, 2.45) is 0 Å². The van der Waals surface area contributed by atoms with Gasteiger partial charge in [-0.25, -0.2) is 0 Å². The van der Waals surface area contributed by atoms with E-state index in [4.69, 9.17) is 4.74 Å². The Labute approximate surface area is 77.6 Å². The molecular formula is C10H12NO2. The van der Waals surface area contributed by atoms with E-state index in [1.807, 2.05) is 29.2 Å². The molecule has 0 saturated heterocycles. The third kappa shape index (κ3) is 1.47. The molecule has 1 radical (unpaired) electrons. The summed E-state index contributed by atoms with van der Waals surface area (Å²) in [5, 5.41) is 9.38. The summed E-state index contributed by atoms with van der Waals surface area (Å²) in [6, 6.07) is 7.65. The standard InChI is InChI=1S/C10H12NO2/c1-8(12)11-6-7-13-10-5-3-2-4-9(10)11/h2-5,8,12H,1,6-7H2. The average Bonchev–Trinajstić information content (AvgIpc) is 2.17. The maximum absolute atomic E-state index is 9.38. The van der Waals surface area contributed by atoms with Crippen LogP contribution >= 0.6 is 0 Å². The minimum atomic E-state index is -0.704. The predicted octanol–water partition coefficient (Wildman–Crippen LogP) is 1.04. The van der Waals surface area contributed by atoms with Crippen LogP contribution in [0.1, 0.15) is 0 Å². The first-order valence-corrected chi connectivity index (χ1v) is 4.28. The maximum atomic E-state index is 9.38. The zero-order valence-electron chi connectivity index (χ0n) is 7.31. The fourth-order valence-electron chi connectivity index (χ4n) is 1.50. The van der Waals surface area contributed by atoms with Crippen molar-refractivity contribution in [2.75, 3.05) is 18.1 Å². The molecule has 0 aliphatic carbocycles. The van der Waals surface area contributed by atoms with Crippen molar-refractivity contribution in [2.45, 2.75) is 6.23 Å². The first-order chi connectivity index (χ1) is 6.29. The molecule has 1 N–H and O–H groups in total. The molecule has 2 rings (SSSR count). The summed E-state index contributed by atoms with van der Waals surface area (Å²) in [6.45, 7) is 4.87. The van der Waals surface area contributed by atoms with Crippen LogP contribution in [-0.4, -0.2) is 24.5 Å². The summed E-state index contributed by atoms with van der Waals surface area (Å²) in [5.41, 5.74) is 0.913. The lowest BCUT2D eigenvalue weighted by Crippen LogP contribution is -2.39. The van der Waals surface area contributed by atoms with Gasteiger partial charge in [-0.05, 0) is 19.1 Å². The molecule has 1 aromatic carbocycles. The molecule has 3 nitrogen and oxygen atoms in total. The second-order valence-electron chi connectivity index (χ2n) is 2.99. The summed E-state index contributed by atoms with van der Waals surface area (Å²) in [6.07, 6.45) is -0.704. The van der Waals surface area contributed by atoms with Crippen LogP contribution in [0.15, 0.2) is 24.3 Å². The molecule has 69 valence electrons. The molecule has 1 heterocycles. The zero-order valence-corrected chi connectivity index (χ0v) is 7.31. The van der Waals surface area contributed by atoms with Gasteiger partial charge < -0.3 is 14.7 Å². The number of hydrogen-bond donors (Lipinski definition) is 1. The van der Waals surface area contributed by atoms with Crippen LogP contribution in [-0.2, 0) is 0 Å². The second kappa shape index (κ2) is 3.26. The van der Waals surface area contributed by atoms with Gasteiger partial charge in [0.25, 0.3) is 0 Å². The van der Waals surface area contributed by atoms with Crippen LogP contribution in [0, 0.1) is 6.92 Å². The van der Waals surface area contributed by atoms with Gasteiger partial charge in [0.15, 0.2) is 0 Å². The Bertz CT molecular complexity index is 299. The largest absolute Gasteiger partial charge is 0.490 e. The highest BCUT2D eigenvalue weighted by atomic mass is 16.5. The average molecular weight is 178 g/mol. The normalized spacial score (nSPS) is 17.5. The van der Waals surface area contributed by atoms with Gasteiger partial charge in [0.1, 0.15) is 18.6 Å². The number of aliphatic hydroxyl groups is 1. The Kier molecular flexibility index (Phi) is 2.10. The van der Waals surface area contributed by atoms with Gasteiger partial charge in [-0.1, -0.05) is 12.1 Å². The van der Waals surface area contributed by atoms with E-state index in [0.717, 1.165) is 11.4 Å². The molecule has 1 aromatic rings. The summed E-state index contributed by atoms with van der Waals surface area (Å²) >= 11 is 0. The van der Waals surface area contributed by atoms with E-state index in [0.29, 0.717) is 13.2 Å². The Morgan fingerprint density at radius 2 is 2.23 bits per heavy atom. The number of fused-ring (bicyclic) bond motifs is 1. The van der Waals surface area contributed by atoms with Gasteiger partial charge in [-0.15, -0.1) is 0 Å². The van der Waals surface area contributed by atoms with Crippen LogP contribution < -0.4 is 9.64 Å². The number of nitrogens with zero attached hydrogens (tertiary/aromatic N) is 1. The van der Waals surface area contributed by atoms with Gasteiger partial charge in [-0.2, -0.15) is 0 Å². The molecule has 0 saturated carbocycles. The minimum absolute atomic E-state index is 0.601. The number of aliphatic hydroxyl groups excluding tert-OH is 1. The molecule has 1 unspecified atom stereocenters. The molecule has 0 spiro atoms. The molecule has 13 heavy (non-hydrogen) atoms. The number of hydrogen-bond acceptors (Lipinski definition) is 3. The predicted molar refractivity (Wildman–Crippen MR) is 50.6 cm³/mol. The highest BCUT2D eigenvalue weighted by Crippen LogP contribution is 2.31. The Morgan fingerprint density at radius 1 is 1.46 bits per heavy atom. The topological polar surface area (TPSA) is 32.7 Å². The van der Waals surface area contributed by atoms with Gasteiger partial charge in [0.2, 0.25) is 0 Å². The molecule has 1 atom stereocenters. The van der Waals surface area contributed by atoms with Crippen molar-refractivity contribution in [3.63, 3.8) is 0 Å². The highest BCUT2D eigenvalue weighted by Gasteiger charge is 2.19. The van der Waals surface area contributed by atoms with E-state index in [1.165, 1.54) is 0 Å². The van der Waals surface area contributed by atoms with Gasteiger partial charge >= 0.3 is 0 Å². The van der Waals surface area contributed by atoms with E-state index >= 15 is 0 Å². The minimum Gasteiger partial charge on any atom is -0.490 e. The van der Waals surface area contributed by atoms with Crippen LogP contribution in [0.4, 0.5) is 5.69 Å². The third-order valence-corrected chi connectivity index (χ3v) is 2.12. The van der Waals surface area contributed by atoms with E-state index in [1.54, 1.807) is 0 Å². The van der Waals surface area contributed by atoms with Crippen molar-refractivity contribution >= 4 is 5.69 Å². The first-order valence-electron chi connectivity index (χ1n) is 4.28. The molecule has 0 bridgehead atoms. The lowest BCUT2D eigenvalue weighted by atomic mass is 10.2. The van der Waals surface area contributed by atoms with Crippen LogP contribution in [0.25, 0.3) is 0 Å². The molecular weight excluding hydrogens is 166 g/mol. The smallest absolute Gasteiger partial charge is 0.142 e. The van der Waals surface area contributed by atoms with E-state index in [9.17, 15) is 5.11 Å². The number of ether oxygens (including phenoxy) is 1. The summed E-state index contributed by atoms with van der Waals surface area (Å²) in [5.74, 6) is 0.816. The Balaban J connectivity index is 2.37. The Morgan fingerprint density at radius 3 is 3.00 bits per heavy atom. The van der Waals surface area contributed by atoms with Crippen molar-refractivity contribution in [1.29, 1.82) is 0 Å². The summed E-state index contributed by atoms with van der Waals surface area (Å²) < 4.78 is 5.42. The van der Waals surface area contributed by atoms with E-state index in [2.05, 4.69) is 6.92 Å². The van der Waals surface area contributed by atoms with E-state index < -0.39 is 6.23 Å². The molecule has 3 heteroatoms. The van der Waals surface area contributed by atoms with Crippen molar-refractivity contribution in [3.05, 3.63) is 31.2 Å². The van der Waals surface area contributed by atoms with Crippen molar-refractivity contribution in [3.8, 4) is 5.75 Å². The second-order valence-corrected chi connectivity index (χ2v) is 2.99. The highest BCUT2D eigenvalue weighted by molar-refractivity contribution is 5.60. The number of rotatable bonds is 1. The van der Waals surface area contributed by atoms with E-state index in [-0.39, 0.29) is 0 Å². The lowest BCUT2D eigenvalue weighted by molar-refractivity contribution is 0.193. The van der Waals surface area contributed by atoms with Gasteiger partial charge in [0.05, 0.1) is 12.2 Å². The fraction of sp³-hybridized carbons (Fsp3) is 0.300. The molecule has 0 amide bonds. The molecule has 1 aliphatic rings. The van der Waals surface area contributed by atoms with Gasteiger partial charge in [-0.3, -0.25) is 0 Å². The van der Waals surface area contributed by atoms with Crippen molar-refractivity contribution < 1.29 is 9.84 Å². The zero-order chi connectivity index (χ0) is 9.26. The maximum Gasteiger partial charge on any atom is 0.142 e. The monoisotopic (exact) mass is 178 g/mol. The number of benzene rings is 1. The van der Waals surface area contributed by atoms with Crippen LogP contribution in [0.2, 0.25) is 0 Å². The molecule has 0 fully saturated rings. The number of para-hydroxylation sites is 2. The van der Waals surface area contributed by atoms with Crippen LogP contribution in [0.3, 0.4) is 0 Å². The van der Waals surface area contributed by atoms with Crippen molar-refractivity contribution in [1.82, 2.24) is 0 Å². The van der Waals surface area contributed by atoms with Gasteiger partial charge in [0, 0.05) is 0 Å². The lowest BCUT2D eigenvalue weighted by Gasteiger charge is -2.33. The quantitative estimate of drug-likeness (QED) is 0.697. The molecule has 1 aliphatic heterocycles. The summed E-state index contributed by atoms with van der Waals surface area (Å²) in [4.78, 5) is 1.82. The fourth-order valence-corrected chi connectivity index (χ4v) is 1.50. The number of anilines is 1. The third-order valence-electron chi connectivity index (χ3n) is 2.12. The first kappa shape index (κ1) is 8.38.